The van der Waals surface area contributed by atoms with Gasteiger partial charge in [0.25, 0.3) is 0 Å². The lowest BCUT2D eigenvalue weighted by Crippen LogP contribution is -2.42. The van der Waals surface area contributed by atoms with Gasteiger partial charge in [0.05, 0.1) is 28.5 Å². The highest BCUT2D eigenvalue weighted by Gasteiger charge is 2.21. The standard InChI is InChI=1S/C22H22Cl2F2N4O3S/c1-12(19-13(23)2-3-14(25)20(19)24)33-17-11-18-16(10-15(17)26)28-22(34-18)29-21(31)27-4-5-30-6-8-32-9-7-30/h2-3,10-12H,4-9H2,1H3,(H2,27,28,29,31). The summed E-state index contributed by atoms with van der Waals surface area (Å²) in [6.45, 7) is 5.87. The van der Waals surface area contributed by atoms with Crippen LogP contribution in [0.15, 0.2) is 24.3 Å². The molecule has 0 spiro atoms. The van der Waals surface area contributed by atoms with Crippen LogP contribution in [0.25, 0.3) is 10.2 Å². The molecule has 1 aliphatic rings. The van der Waals surface area contributed by atoms with Crippen molar-refractivity contribution in [2.24, 2.45) is 0 Å². The second kappa shape index (κ2) is 11.0. The van der Waals surface area contributed by atoms with Crippen LogP contribution >= 0.6 is 34.5 Å². The molecule has 1 fully saturated rings. The number of rotatable bonds is 7. The lowest BCUT2D eigenvalue weighted by Gasteiger charge is -2.26. The molecular weight excluding hydrogens is 509 g/mol. The van der Waals surface area contributed by atoms with Crippen LogP contribution in [0.2, 0.25) is 10.0 Å². The zero-order valence-electron chi connectivity index (χ0n) is 18.2. The number of carbonyl (C=O) groups excluding carboxylic acids is 1. The summed E-state index contributed by atoms with van der Waals surface area (Å²) in [5.74, 6) is -1.37. The molecule has 0 saturated carbocycles. The molecule has 7 nitrogen and oxygen atoms in total. The molecule has 0 bridgehead atoms. The monoisotopic (exact) mass is 530 g/mol. The van der Waals surface area contributed by atoms with Crippen LogP contribution in [0.4, 0.5) is 18.7 Å². The van der Waals surface area contributed by atoms with Crippen LogP contribution in [0.3, 0.4) is 0 Å². The predicted molar refractivity (Wildman–Crippen MR) is 129 cm³/mol. The highest BCUT2D eigenvalue weighted by Crippen LogP contribution is 2.37. The summed E-state index contributed by atoms with van der Waals surface area (Å²) >= 11 is 13.3. The Morgan fingerprint density at radius 1 is 1.26 bits per heavy atom. The molecule has 1 saturated heterocycles. The van der Waals surface area contributed by atoms with E-state index in [9.17, 15) is 13.6 Å². The fraction of sp³-hybridized carbons (Fsp3) is 0.364. The molecule has 1 unspecified atom stereocenters. The van der Waals surface area contributed by atoms with Gasteiger partial charge >= 0.3 is 6.03 Å². The van der Waals surface area contributed by atoms with Gasteiger partial charge in [-0.1, -0.05) is 34.5 Å². The number of hydrogen-bond acceptors (Lipinski definition) is 6. The number of benzene rings is 2. The van der Waals surface area contributed by atoms with Crippen molar-refractivity contribution in [2.75, 3.05) is 44.7 Å². The topological polar surface area (TPSA) is 75.7 Å². The van der Waals surface area contributed by atoms with Gasteiger partial charge in [0, 0.05) is 48.9 Å². The Balaban J connectivity index is 1.40. The Kier molecular flexibility index (Phi) is 8.05. The summed E-state index contributed by atoms with van der Waals surface area (Å²) in [5, 5.41) is 5.81. The molecule has 2 aromatic carbocycles. The van der Waals surface area contributed by atoms with Gasteiger partial charge in [0.15, 0.2) is 16.7 Å². The third kappa shape index (κ3) is 5.87. The molecule has 12 heteroatoms. The normalized spacial score (nSPS) is 15.3. The van der Waals surface area contributed by atoms with E-state index >= 15 is 0 Å². The van der Waals surface area contributed by atoms with E-state index in [4.69, 9.17) is 32.7 Å². The van der Waals surface area contributed by atoms with E-state index in [-0.39, 0.29) is 21.4 Å². The largest absolute Gasteiger partial charge is 0.483 e. The van der Waals surface area contributed by atoms with Crippen molar-refractivity contribution in [2.45, 2.75) is 13.0 Å². The van der Waals surface area contributed by atoms with Crippen LogP contribution < -0.4 is 15.4 Å². The predicted octanol–water partition coefficient (Wildman–Crippen LogP) is 5.48. The third-order valence-electron chi connectivity index (χ3n) is 5.27. The second-order valence-electron chi connectivity index (χ2n) is 7.62. The number of ether oxygens (including phenoxy) is 2. The zero-order chi connectivity index (χ0) is 24.2. The number of carbonyl (C=O) groups is 1. The van der Waals surface area contributed by atoms with Gasteiger partial charge in [-0.15, -0.1) is 0 Å². The number of morpholine rings is 1. The van der Waals surface area contributed by atoms with Gasteiger partial charge in [0.1, 0.15) is 11.9 Å². The van der Waals surface area contributed by atoms with Crippen LogP contribution in [0.1, 0.15) is 18.6 Å². The van der Waals surface area contributed by atoms with Crippen molar-refractivity contribution < 1.29 is 23.0 Å². The molecule has 3 aromatic rings. The Bertz CT molecular complexity index is 1190. The van der Waals surface area contributed by atoms with Crippen molar-refractivity contribution in [1.82, 2.24) is 15.2 Å². The number of nitrogens with zero attached hydrogens (tertiary/aromatic N) is 2. The number of urea groups is 1. The van der Waals surface area contributed by atoms with Gasteiger partial charge in [0.2, 0.25) is 0 Å². The Morgan fingerprint density at radius 3 is 2.79 bits per heavy atom. The fourth-order valence-corrected chi connectivity index (χ4v) is 5.08. The van der Waals surface area contributed by atoms with E-state index in [2.05, 4.69) is 20.5 Å². The number of amides is 2. The number of halogens is 4. The first-order valence-corrected chi connectivity index (χ1v) is 12.1. The molecule has 2 amide bonds. The Hall–Kier alpha value is -2.24. The van der Waals surface area contributed by atoms with Gasteiger partial charge in [-0.25, -0.2) is 18.6 Å². The van der Waals surface area contributed by atoms with Crippen LogP contribution in [-0.4, -0.2) is 55.3 Å². The second-order valence-corrected chi connectivity index (χ2v) is 9.44. The van der Waals surface area contributed by atoms with Crippen molar-refractivity contribution >= 4 is 55.9 Å². The minimum atomic E-state index is -0.814. The van der Waals surface area contributed by atoms with Crippen LogP contribution in [-0.2, 0) is 4.74 Å². The summed E-state index contributed by atoms with van der Waals surface area (Å²) < 4.78 is 40.1. The van der Waals surface area contributed by atoms with Gasteiger partial charge in [-0.2, -0.15) is 0 Å². The number of aromatic nitrogens is 1. The van der Waals surface area contributed by atoms with E-state index in [1.807, 2.05) is 0 Å². The highest BCUT2D eigenvalue weighted by molar-refractivity contribution is 7.22. The Labute approximate surface area is 208 Å². The molecule has 2 N–H and O–H groups in total. The van der Waals surface area contributed by atoms with Gasteiger partial charge in [-0.05, 0) is 19.1 Å². The molecule has 2 heterocycles. The number of anilines is 1. The molecule has 4 rings (SSSR count). The first kappa shape index (κ1) is 24.9. The smallest absolute Gasteiger partial charge is 0.321 e. The zero-order valence-corrected chi connectivity index (χ0v) is 20.5. The lowest BCUT2D eigenvalue weighted by atomic mass is 10.1. The van der Waals surface area contributed by atoms with Gasteiger partial charge in [-0.3, -0.25) is 10.2 Å². The maximum absolute atomic E-state index is 14.7. The molecule has 0 aliphatic carbocycles. The van der Waals surface area contributed by atoms with Crippen LogP contribution in [0.5, 0.6) is 5.75 Å². The maximum atomic E-state index is 14.7. The molecule has 0 radical (unpaired) electrons. The van der Waals surface area contributed by atoms with E-state index < -0.39 is 23.8 Å². The lowest BCUT2D eigenvalue weighted by molar-refractivity contribution is 0.0388. The SMILES string of the molecule is CC(Oc1cc2sc(NC(=O)NCCN3CCOCC3)nc2cc1F)c1c(Cl)ccc(F)c1Cl. The summed E-state index contributed by atoms with van der Waals surface area (Å²) in [6, 6.07) is 4.81. The van der Waals surface area contributed by atoms with E-state index in [1.165, 1.54) is 29.5 Å². The number of hydrogen-bond donors (Lipinski definition) is 2. The van der Waals surface area contributed by atoms with Crippen molar-refractivity contribution in [1.29, 1.82) is 0 Å². The maximum Gasteiger partial charge on any atom is 0.321 e. The van der Waals surface area contributed by atoms with Crippen LogP contribution in [0, 0.1) is 11.6 Å². The molecule has 182 valence electrons. The average molecular weight is 531 g/mol. The quantitative estimate of drug-likeness (QED) is 0.396. The summed E-state index contributed by atoms with van der Waals surface area (Å²) in [5.41, 5.74) is 0.594. The number of fused-ring (bicyclic) bond motifs is 1. The third-order valence-corrected chi connectivity index (χ3v) is 6.92. The summed E-state index contributed by atoms with van der Waals surface area (Å²) in [4.78, 5) is 18.7. The minimum absolute atomic E-state index is 0.0680. The summed E-state index contributed by atoms with van der Waals surface area (Å²) in [7, 11) is 0. The van der Waals surface area contributed by atoms with Crippen molar-refractivity contribution in [3.63, 3.8) is 0 Å². The van der Waals surface area contributed by atoms with Crippen molar-refractivity contribution in [3.8, 4) is 5.75 Å². The fourth-order valence-electron chi connectivity index (χ4n) is 3.53. The first-order valence-electron chi connectivity index (χ1n) is 10.6. The molecule has 1 atom stereocenters. The molecule has 34 heavy (non-hydrogen) atoms. The number of nitrogens with one attached hydrogen (secondary N) is 2. The molecule has 1 aromatic heterocycles. The first-order chi connectivity index (χ1) is 16.3. The highest BCUT2D eigenvalue weighted by atomic mass is 35.5. The van der Waals surface area contributed by atoms with E-state index in [1.54, 1.807) is 6.92 Å². The summed E-state index contributed by atoms with van der Waals surface area (Å²) in [6.07, 6.45) is -0.814. The molecular formula is C22H22Cl2F2N4O3S. The molecule has 1 aliphatic heterocycles. The number of thiazole rings is 1. The Morgan fingerprint density at radius 2 is 2.03 bits per heavy atom. The van der Waals surface area contributed by atoms with Gasteiger partial charge < -0.3 is 14.8 Å². The van der Waals surface area contributed by atoms with Crippen molar-refractivity contribution in [3.05, 3.63) is 51.5 Å². The van der Waals surface area contributed by atoms with E-state index in [0.29, 0.717) is 35.1 Å². The van der Waals surface area contributed by atoms with E-state index in [0.717, 1.165) is 25.7 Å². The average Bonchev–Trinajstić information content (AvgIpc) is 3.18. The minimum Gasteiger partial charge on any atom is -0.483 e.